The summed E-state index contributed by atoms with van der Waals surface area (Å²) >= 11 is 0. The molecule has 1 N–H and O–H groups in total. The van der Waals surface area contributed by atoms with Crippen LogP contribution in [0.1, 0.15) is 30.7 Å². The summed E-state index contributed by atoms with van der Waals surface area (Å²) in [6.45, 7) is 1.77. The molecule has 1 aliphatic carbocycles. The van der Waals surface area contributed by atoms with Crippen molar-refractivity contribution in [2.75, 3.05) is 12.9 Å². The number of carbonyl (C=O) groups is 1. The maximum Gasteiger partial charge on any atom is 0.303 e. The highest BCUT2D eigenvalue weighted by molar-refractivity contribution is 7.90. The van der Waals surface area contributed by atoms with Crippen LogP contribution in [-0.2, 0) is 20.4 Å². The first-order valence-corrected chi connectivity index (χ1v) is 8.50. The van der Waals surface area contributed by atoms with Gasteiger partial charge in [-0.1, -0.05) is 0 Å². The van der Waals surface area contributed by atoms with Crippen molar-refractivity contribution in [3.63, 3.8) is 0 Å². The molecule has 1 heterocycles. The van der Waals surface area contributed by atoms with Crippen LogP contribution >= 0.6 is 0 Å². The summed E-state index contributed by atoms with van der Waals surface area (Å²) < 4.78 is 29.7. The predicted octanol–water partition coefficient (Wildman–Crippen LogP) is 1.57. The fourth-order valence-corrected chi connectivity index (χ4v) is 4.53. The smallest absolute Gasteiger partial charge is 0.303 e. The van der Waals surface area contributed by atoms with E-state index in [-0.39, 0.29) is 17.9 Å². The first-order valence-electron chi connectivity index (χ1n) is 6.67. The fraction of sp³-hybridized carbons (Fsp3) is 0.571. The molecule has 0 aromatic carbocycles. The Labute approximate surface area is 124 Å². The molecule has 0 saturated heterocycles. The number of aliphatic carboxylic acids is 1. The van der Waals surface area contributed by atoms with Gasteiger partial charge in [0.25, 0.3) is 0 Å². The van der Waals surface area contributed by atoms with Gasteiger partial charge in [-0.25, -0.2) is 8.42 Å². The lowest BCUT2D eigenvalue weighted by Crippen LogP contribution is -2.22. The molecule has 2 rings (SSSR count). The van der Waals surface area contributed by atoms with Gasteiger partial charge in [-0.15, -0.1) is 0 Å². The van der Waals surface area contributed by atoms with Crippen LogP contribution in [0.4, 0.5) is 0 Å². The van der Waals surface area contributed by atoms with Crippen LogP contribution in [0.2, 0.25) is 0 Å². The van der Waals surface area contributed by atoms with E-state index in [1.165, 1.54) is 7.11 Å². The maximum atomic E-state index is 12.3. The average Bonchev–Trinajstić information content (AvgIpc) is 3.04. The second kappa shape index (κ2) is 5.63. The van der Waals surface area contributed by atoms with E-state index in [9.17, 15) is 13.2 Å². The largest absolute Gasteiger partial charge is 0.497 e. The summed E-state index contributed by atoms with van der Waals surface area (Å²) in [6.07, 6.45) is 1.23. The molecule has 0 atom stereocenters. The molecule has 1 aromatic rings. The van der Waals surface area contributed by atoms with Crippen molar-refractivity contribution in [2.24, 2.45) is 5.41 Å². The monoisotopic (exact) mass is 313 g/mol. The fourth-order valence-electron chi connectivity index (χ4n) is 2.51. The van der Waals surface area contributed by atoms with E-state index in [2.05, 4.69) is 4.98 Å². The minimum Gasteiger partial charge on any atom is -0.497 e. The Balaban J connectivity index is 2.11. The van der Waals surface area contributed by atoms with Crippen molar-refractivity contribution < 1.29 is 23.1 Å². The lowest BCUT2D eigenvalue weighted by atomic mass is 10.1. The van der Waals surface area contributed by atoms with Gasteiger partial charge in [0, 0.05) is 17.8 Å². The van der Waals surface area contributed by atoms with Gasteiger partial charge in [-0.3, -0.25) is 9.78 Å². The van der Waals surface area contributed by atoms with Crippen LogP contribution in [0.15, 0.2) is 12.1 Å². The van der Waals surface area contributed by atoms with Crippen LogP contribution in [0.25, 0.3) is 0 Å². The average molecular weight is 313 g/mol. The third kappa shape index (κ3) is 4.42. The van der Waals surface area contributed by atoms with Crippen molar-refractivity contribution in [1.82, 2.24) is 4.98 Å². The number of rotatable bonds is 7. The number of hydrogen-bond acceptors (Lipinski definition) is 5. The highest BCUT2D eigenvalue weighted by Crippen LogP contribution is 2.50. The summed E-state index contributed by atoms with van der Waals surface area (Å²) in [5.74, 6) is -0.658. The standard InChI is InChI=1S/C14H19NO5S/c1-10-5-12(20-2)6-11(15-10)8-21(18,19)9-14(3-4-14)7-13(16)17/h5-6H,3-4,7-9H2,1-2H3,(H,16,17). The number of ether oxygens (including phenoxy) is 1. The number of pyridine rings is 1. The first kappa shape index (κ1) is 15.8. The molecule has 1 aromatic heterocycles. The molecule has 0 bridgehead atoms. The van der Waals surface area contributed by atoms with Crippen LogP contribution in [0, 0.1) is 12.3 Å². The predicted molar refractivity (Wildman–Crippen MR) is 76.9 cm³/mol. The normalized spacial score (nSPS) is 16.5. The van der Waals surface area contributed by atoms with Gasteiger partial charge >= 0.3 is 5.97 Å². The van der Waals surface area contributed by atoms with Crippen molar-refractivity contribution in [1.29, 1.82) is 0 Å². The van der Waals surface area contributed by atoms with Gasteiger partial charge in [0.05, 0.1) is 30.7 Å². The summed E-state index contributed by atoms with van der Waals surface area (Å²) in [5.41, 5.74) is 0.544. The minimum absolute atomic E-state index is 0.0865. The number of aryl methyl sites for hydroxylation is 1. The van der Waals surface area contributed by atoms with Crippen LogP contribution in [-0.4, -0.2) is 37.3 Å². The van der Waals surface area contributed by atoms with E-state index in [4.69, 9.17) is 9.84 Å². The molecule has 1 aliphatic rings. The second-order valence-corrected chi connectivity index (χ2v) is 7.81. The summed E-state index contributed by atoms with van der Waals surface area (Å²) in [7, 11) is -1.89. The Morgan fingerprint density at radius 3 is 2.62 bits per heavy atom. The third-order valence-electron chi connectivity index (χ3n) is 3.59. The van der Waals surface area contributed by atoms with Crippen LogP contribution in [0.5, 0.6) is 5.75 Å². The Morgan fingerprint density at radius 1 is 1.43 bits per heavy atom. The molecule has 1 fully saturated rings. The van der Waals surface area contributed by atoms with Crippen molar-refractivity contribution in [3.05, 3.63) is 23.5 Å². The molecule has 0 radical (unpaired) electrons. The van der Waals surface area contributed by atoms with E-state index < -0.39 is 21.2 Å². The molecule has 0 unspecified atom stereocenters. The lowest BCUT2D eigenvalue weighted by Gasteiger charge is -2.13. The van der Waals surface area contributed by atoms with Crippen LogP contribution < -0.4 is 4.74 Å². The van der Waals surface area contributed by atoms with E-state index >= 15 is 0 Å². The third-order valence-corrected chi connectivity index (χ3v) is 5.38. The maximum absolute atomic E-state index is 12.3. The Hall–Kier alpha value is -1.63. The number of carboxylic acid groups (broad SMARTS) is 1. The van der Waals surface area contributed by atoms with E-state index in [1.807, 2.05) is 0 Å². The number of hydrogen-bond donors (Lipinski definition) is 1. The molecule has 21 heavy (non-hydrogen) atoms. The van der Waals surface area contributed by atoms with Gasteiger partial charge < -0.3 is 9.84 Å². The number of methoxy groups -OCH3 is 1. The van der Waals surface area contributed by atoms with Gasteiger partial charge in [0.1, 0.15) is 5.75 Å². The van der Waals surface area contributed by atoms with E-state index in [0.29, 0.717) is 30.0 Å². The lowest BCUT2D eigenvalue weighted by molar-refractivity contribution is -0.138. The molecular formula is C14H19NO5S. The van der Waals surface area contributed by atoms with Crippen molar-refractivity contribution in [3.8, 4) is 5.75 Å². The summed E-state index contributed by atoms with van der Waals surface area (Å²) in [6, 6.07) is 3.32. The summed E-state index contributed by atoms with van der Waals surface area (Å²) in [4.78, 5) is 15.0. The molecule has 0 spiro atoms. The number of carboxylic acids is 1. The van der Waals surface area contributed by atoms with Gasteiger partial charge in [0.15, 0.2) is 9.84 Å². The molecule has 0 amide bonds. The first-order chi connectivity index (χ1) is 9.73. The zero-order valence-corrected chi connectivity index (χ0v) is 12.9. The minimum atomic E-state index is -3.40. The van der Waals surface area contributed by atoms with Crippen molar-refractivity contribution in [2.45, 2.75) is 31.9 Å². The number of nitrogens with zero attached hydrogens (tertiary/aromatic N) is 1. The SMILES string of the molecule is COc1cc(C)nc(CS(=O)(=O)CC2(CC(=O)O)CC2)c1. The molecule has 7 heteroatoms. The zero-order chi connectivity index (χ0) is 15.7. The molecule has 0 aliphatic heterocycles. The van der Waals surface area contributed by atoms with Crippen molar-refractivity contribution >= 4 is 15.8 Å². The highest BCUT2D eigenvalue weighted by atomic mass is 32.2. The van der Waals surface area contributed by atoms with E-state index in [0.717, 1.165) is 0 Å². The quantitative estimate of drug-likeness (QED) is 0.821. The molecule has 116 valence electrons. The van der Waals surface area contributed by atoms with Gasteiger partial charge in [-0.2, -0.15) is 0 Å². The number of aromatic nitrogens is 1. The van der Waals surface area contributed by atoms with Crippen LogP contribution in [0.3, 0.4) is 0 Å². The topological polar surface area (TPSA) is 93.6 Å². The second-order valence-electron chi connectivity index (χ2n) is 5.74. The number of sulfone groups is 1. The van der Waals surface area contributed by atoms with Gasteiger partial charge in [-0.05, 0) is 25.2 Å². The Morgan fingerprint density at radius 2 is 2.10 bits per heavy atom. The summed E-state index contributed by atoms with van der Waals surface area (Å²) in [5, 5.41) is 8.86. The molecule has 6 nitrogen and oxygen atoms in total. The zero-order valence-electron chi connectivity index (χ0n) is 12.1. The Bertz CT molecular complexity index is 649. The highest BCUT2D eigenvalue weighted by Gasteiger charge is 2.47. The molecular weight excluding hydrogens is 294 g/mol. The molecule has 1 saturated carbocycles. The van der Waals surface area contributed by atoms with Gasteiger partial charge in [0.2, 0.25) is 0 Å². The van der Waals surface area contributed by atoms with E-state index in [1.54, 1.807) is 19.1 Å². The Kier molecular flexibility index (Phi) is 4.22.